The molecule has 0 bridgehead atoms. The van der Waals surface area contributed by atoms with Gasteiger partial charge in [0.1, 0.15) is 24.9 Å². The number of carbonyl (C=O) groups is 1. The van der Waals surface area contributed by atoms with Crippen molar-refractivity contribution in [2.45, 2.75) is 96.5 Å². The van der Waals surface area contributed by atoms with Crippen LogP contribution in [0.25, 0.3) is 0 Å². The molecule has 2 unspecified atom stereocenters. The van der Waals surface area contributed by atoms with Crippen LogP contribution < -0.4 is 10.1 Å². The maximum absolute atomic E-state index is 13.8. The van der Waals surface area contributed by atoms with Crippen LogP contribution in [0.1, 0.15) is 88.4 Å². The lowest BCUT2D eigenvalue weighted by Gasteiger charge is -2.44. The van der Waals surface area contributed by atoms with Crippen LogP contribution in [0.2, 0.25) is 0 Å². The molecule has 3 aromatic carbocycles. The number of benzene rings is 3. The van der Waals surface area contributed by atoms with Gasteiger partial charge in [0.05, 0.1) is 37.1 Å². The Morgan fingerprint density at radius 2 is 1.75 bits per heavy atom. The normalized spacial score (nSPS) is 17.3. The van der Waals surface area contributed by atoms with Crippen LogP contribution in [0.3, 0.4) is 0 Å². The van der Waals surface area contributed by atoms with Crippen LogP contribution >= 0.6 is 11.8 Å². The van der Waals surface area contributed by atoms with E-state index in [4.69, 9.17) is 9.47 Å². The number of ether oxygens (including phenoxy) is 2. The van der Waals surface area contributed by atoms with Gasteiger partial charge in [-0.15, -0.1) is 11.8 Å². The van der Waals surface area contributed by atoms with Gasteiger partial charge in [-0.05, 0) is 86.9 Å². The monoisotopic (exact) mass is 735 g/mol. The molecule has 1 aliphatic rings. The number of rotatable bonds is 19. The molecule has 0 fully saturated rings. The number of allylic oxidation sites excluding steroid dienone is 2. The number of hydrogen-bond acceptors (Lipinski definition) is 5. The molecule has 0 saturated carbocycles. The number of hydrogen-bond donors (Lipinski definition) is 1. The zero-order valence-electron chi connectivity index (χ0n) is 32.4. The molecule has 1 aromatic heterocycles. The second kappa shape index (κ2) is 20.4. The lowest BCUT2D eigenvalue weighted by atomic mass is 9.91. The van der Waals surface area contributed by atoms with Crippen molar-refractivity contribution < 1.29 is 18.8 Å². The summed E-state index contributed by atoms with van der Waals surface area (Å²) in [7, 11) is 0. The fourth-order valence-electron chi connectivity index (χ4n) is 7.22. The van der Waals surface area contributed by atoms with Gasteiger partial charge < -0.3 is 19.4 Å². The summed E-state index contributed by atoms with van der Waals surface area (Å²) in [6.45, 7) is 15.8. The molecule has 5 rings (SSSR count). The van der Waals surface area contributed by atoms with Crippen LogP contribution in [-0.2, 0) is 28.4 Å². The van der Waals surface area contributed by atoms with Gasteiger partial charge in [0.2, 0.25) is 0 Å². The maximum atomic E-state index is 13.8. The summed E-state index contributed by atoms with van der Waals surface area (Å²) in [6, 6.07) is 27.7. The first-order chi connectivity index (χ1) is 25.8. The SMILES string of the molecule is CCCCOCCOc1ccc(C2CCC(C(=O)Nc3ccc(SCc4c(C)ncn4CCC)cc3)=CC=C[N+]2(Cc2ccccc2)CC(C)C)cc1. The van der Waals surface area contributed by atoms with E-state index in [1.807, 2.05) is 24.5 Å². The molecule has 8 heteroatoms. The first-order valence-electron chi connectivity index (χ1n) is 19.4. The molecule has 53 heavy (non-hydrogen) atoms. The van der Waals surface area contributed by atoms with Crippen molar-refractivity contribution in [1.29, 1.82) is 0 Å². The number of nitrogens with one attached hydrogen (secondary N) is 1. The van der Waals surface area contributed by atoms with E-state index in [-0.39, 0.29) is 11.9 Å². The molecule has 0 aliphatic carbocycles. The molecule has 2 heterocycles. The number of quaternary nitrogens is 1. The Hall–Kier alpha value is -4.11. The zero-order chi connectivity index (χ0) is 37.5. The Morgan fingerprint density at radius 3 is 2.47 bits per heavy atom. The first-order valence-corrected chi connectivity index (χ1v) is 20.4. The van der Waals surface area contributed by atoms with Gasteiger partial charge in [-0.25, -0.2) is 4.98 Å². The highest BCUT2D eigenvalue weighted by molar-refractivity contribution is 7.98. The summed E-state index contributed by atoms with van der Waals surface area (Å²) in [5.41, 5.74) is 6.50. The predicted molar refractivity (Wildman–Crippen MR) is 219 cm³/mol. The van der Waals surface area contributed by atoms with Crippen LogP contribution in [-0.4, -0.2) is 46.3 Å². The Labute approximate surface area is 322 Å². The van der Waals surface area contributed by atoms with Gasteiger partial charge in [0, 0.05) is 58.5 Å². The van der Waals surface area contributed by atoms with Crippen molar-refractivity contribution in [3.63, 3.8) is 0 Å². The van der Waals surface area contributed by atoms with Crippen molar-refractivity contribution >= 4 is 23.4 Å². The van der Waals surface area contributed by atoms with Crippen molar-refractivity contribution in [2.75, 3.05) is 31.7 Å². The molecule has 0 spiro atoms. The second-order valence-corrected chi connectivity index (χ2v) is 15.6. The van der Waals surface area contributed by atoms with Crippen molar-refractivity contribution in [2.24, 2.45) is 5.92 Å². The number of nitrogens with zero attached hydrogens (tertiary/aromatic N) is 3. The van der Waals surface area contributed by atoms with Gasteiger partial charge in [0.25, 0.3) is 5.91 Å². The summed E-state index contributed by atoms with van der Waals surface area (Å²) in [6.07, 6.45) is 13.2. The quantitative estimate of drug-likeness (QED) is 0.0590. The van der Waals surface area contributed by atoms with Gasteiger partial charge in [-0.2, -0.15) is 0 Å². The Balaban J connectivity index is 1.31. The first kappa shape index (κ1) is 40.1. The van der Waals surface area contributed by atoms with E-state index in [1.165, 1.54) is 16.8 Å². The van der Waals surface area contributed by atoms with Crippen LogP contribution in [0.15, 0.2) is 114 Å². The minimum atomic E-state index is -0.0512. The van der Waals surface area contributed by atoms with E-state index in [1.54, 1.807) is 11.8 Å². The number of aromatic nitrogens is 2. The zero-order valence-corrected chi connectivity index (χ0v) is 33.2. The molecule has 1 amide bonds. The van der Waals surface area contributed by atoms with E-state index in [0.717, 1.165) is 89.8 Å². The van der Waals surface area contributed by atoms with Crippen LogP contribution in [0, 0.1) is 12.8 Å². The third kappa shape index (κ3) is 11.7. The smallest absolute Gasteiger partial charge is 0.251 e. The minimum absolute atomic E-state index is 0.0512. The van der Waals surface area contributed by atoms with Gasteiger partial charge >= 0.3 is 0 Å². The molecule has 0 radical (unpaired) electrons. The topological polar surface area (TPSA) is 65.4 Å². The molecular formula is C45H59N4O3S+. The predicted octanol–water partition coefficient (Wildman–Crippen LogP) is 10.7. The van der Waals surface area contributed by atoms with E-state index in [0.29, 0.717) is 25.6 Å². The number of imidazole rings is 1. The molecule has 0 saturated heterocycles. The standard InChI is InChI=1S/C45H58N4O3S/c1-6-8-28-51-29-30-52-41-21-16-38(17-22-41)44-25-18-39(15-12-27-49(44,31-35(3)4)32-37-13-10-9-11-14-37)45(50)47-40-19-23-42(24-20-40)53-33-43-36(5)46-34-48(43)26-7-2/h9-17,19-24,27,34-35,44H,6-8,18,25-26,28-33H2,1-5H3/p+1. The lowest BCUT2D eigenvalue weighted by molar-refractivity contribution is -0.926. The molecule has 1 N–H and O–H groups in total. The van der Waals surface area contributed by atoms with Crippen molar-refractivity contribution in [3.05, 3.63) is 132 Å². The van der Waals surface area contributed by atoms with Crippen molar-refractivity contribution in [3.8, 4) is 5.75 Å². The highest BCUT2D eigenvalue weighted by atomic mass is 32.2. The van der Waals surface area contributed by atoms with E-state index >= 15 is 0 Å². The third-order valence-electron chi connectivity index (χ3n) is 9.82. The summed E-state index contributed by atoms with van der Waals surface area (Å²) in [4.78, 5) is 19.5. The Bertz CT molecular complexity index is 1770. The third-order valence-corrected chi connectivity index (χ3v) is 10.8. The lowest BCUT2D eigenvalue weighted by Crippen LogP contribution is -2.48. The van der Waals surface area contributed by atoms with E-state index < -0.39 is 0 Å². The van der Waals surface area contributed by atoms with E-state index in [9.17, 15) is 4.79 Å². The molecule has 282 valence electrons. The Morgan fingerprint density at radius 1 is 0.981 bits per heavy atom. The molecule has 7 nitrogen and oxygen atoms in total. The highest BCUT2D eigenvalue weighted by Gasteiger charge is 2.38. The minimum Gasteiger partial charge on any atom is -0.491 e. The maximum Gasteiger partial charge on any atom is 0.251 e. The molecular weight excluding hydrogens is 677 g/mol. The van der Waals surface area contributed by atoms with Crippen LogP contribution in [0.5, 0.6) is 5.75 Å². The van der Waals surface area contributed by atoms with Crippen molar-refractivity contribution in [1.82, 2.24) is 9.55 Å². The summed E-state index contributed by atoms with van der Waals surface area (Å²) < 4.78 is 14.8. The average Bonchev–Trinajstić information content (AvgIpc) is 3.50. The number of unbranched alkanes of at least 4 members (excludes halogenated alkanes) is 1. The molecule has 1 aliphatic heterocycles. The van der Waals surface area contributed by atoms with Gasteiger partial charge in [-0.3, -0.25) is 9.28 Å². The highest BCUT2D eigenvalue weighted by Crippen LogP contribution is 2.40. The fraction of sp³-hybridized carbons (Fsp3) is 0.422. The fourth-order valence-corrected chi connectivity index (χ4v) is 8.23. The van der Waals surface area contributed by atoms with E-state index in [2.05, 4.69) is 128 Å². The summed E-state index contributed by atoms with van der Waals surface area (Å²) in [5, 5.41) is 3.19. The average molecular weight is 736 g/mol. The summed E-state index contributed by atoms with van der Waals surface area (Å²) in [5.74, 6) is 2.13. The number of amides is 1. The number of anilines is 1. The number of aryl methyl sites for hydroxylation is 2. The van der Waals surface area contributed by atoms with Gasteiger partial charge in [0.15, 0.2) is 0 Å². The molecule has 2 atom stereocenters. The van der Waals surface area contributed by atoms with Gasteiger partial charge in [-0.1, -0.05) is 64.4 Å². The largest absolute Gasteiger partial charge is 0.491 e. The second-order valence-electron chi connectivity index (χ2n) is 14.5. The Kier molecular flexibility index (Phi) is 15.4. The summed E-state index contributed by atoms with van der Waals surface area (Å²) >= 11 is 1.79. The number of thioether (sulfide) groups is 1. The molecule has 4 aromatic rings. The number of carbonyl (C=O) groups excluding carboxylic acids is 1. The van der Waals surface area contributed by atoms with Crippen LogP contribution in [0.4, 0.5) is 5.69 Å².